The van der Waals surface area contributed by atoms with Gasteiger partial charge in [0.05, 0.1) is 0 Å². The van der Waals surface area contributed by atoms with E-state index in [4.69, 9.17) is 23.2 Å². The number of halogens is 3. The minimum absolute atomic E-state index is 0.0276. The molecule has 2 rings (SSSR count). The number of hydrogen-bond acceptors (Lipinski definition) is 1. The Morgan fingerprint density at radius 1 is 1.21 bits per heavy atom. The van der Waals surface area contributed by atoms with Crippen LogP contribution in [0.3, 0.4) is 0 Å². The minimum atomic E-state index is 0.0276. The van der Waals surface area contributed by atoms with Gasteiger partial charge >= 0.3 is 0 Å². The smallest absolute Gasteiger partial charge is 0.168 e. The van der Waals surface area contributed by atoms with E-state index in [2.05, 4.69) is 15.9 Å². The molecule has 0 saturated carbocycles. The van der Waals surface area contributed by atoms with Crippen molar-refractivity contribution in [1.29, 1.82) is 0 Å². The summed E-state index contributed by atoms with van der Waals surface area (Å²) in [7, 11) is 0. The number of carbonyl (C=O) groups excluding carboxylic acids is 1. The van der Waals surface area contributed by atoms with E-state index in [1.54, 1.807) is 18.2 Å². The van der Waals surface area contributed by atoms with Crippen LogP contribution in [0.5, 0.6) is 0 Å². The zero-order valence-electron chi connectivity index (χ0n) is 10.2. The van der Waals surface area contributed by atoms with Gasteiger partial charge in [0.15, 0.2) is 5.78 Å². The van der Waals surface area contributed by atoms with E-state index in [1.807, 2.05) is 25.1 Å². The van der Waals surface area contributed by atoms with Crippen LogP contribution >= 0.6 is 39.1 Å². The van der Waals surface area contributed by atoms with Gasteiger partial charge in [-0.1, -0.05) is 47.5 Å². The molecular weight excluding hydrogens is 347 g/mol. The molecule has 0 aliphatic rings. The van der Waals surface area contributed by atoms with Gasteiger partial charge in [0.25, 0.3) is 0 Å². The van der Waals surface area contributed by atoms with Crippen LogP contribution in [0.2, 0.25) is 10.0 Å². The van der Waals surface area contributed by atoms with Gasteiger partial charge in [-0.15, -0.1) is 0 Å². The van der Waals surface area contributed by atoms with Gasteiger partial charge in [0, 0.05) is 26.5 Å². The molecule has 0 fully saturated rings. The molecule has 1 nitrogen and oxygen atoms in total. The third kappa shape index (κ3) is 3.38. The summed E-state index contributed by atoms with van der Waals surface area (Å²) in [6.07, 6.45) is 0.262. The fraction of sp³-hybridized carbons (Fsp3) is 0.133. The molecule has 0 bridgehead atoms. The predicted octanol–water partition coefficient (Wildman–Crippen LogP) is 5.49. The van der Waals surface area contributed by atoms with Crippen molar-refractivity contribution in [3.05, 3.63) is 67.6 Å². The maximum Gasteiger partial charge on any atom is 0.168 e. The number of hydrogen-bond donors (Lipinski definition) is 0. The van der Waals surface area contributed by atoms with E-state index in [-0.39, 0.29) is 12.2 Å². The molecule has 0 atom stereocenters. The molecule has 19 heavy (non-hydrogen) atoms. The van der Waals surface area contributed by atoms with Gasteiger partial charge in [-0.2, -0.15) is 0 Å². The molecule has 2 aromatic rings. The zero-order valence-corrected chi connectivity index (χ0v) is 13.3. The Morgan fingerprint density at radius 3 is 2.63 bits per heavy atom. The van der Waals surface area contributed by atoms with E-state index in [0.717, 1.165) is 15.6 Å². The van der Waals surface area contributed by atoms with Crippen molar-refractivity contribution in [2.45, 2.75) is 13.3 Å². The summed E-state index contributed by atoms with van der Waals surface area (Å²) in [6.45, 7) is 1.95. The molecule has 0 aromatic heterocycles. The highest BCUT2D eigenvalue weighted by Gasteiger charge is 2.13. The molecule has 0 N–H and O–H groups in total. The van der Waals surface area contributed by atoms with Crippen LogP contribution < -0.4 is 0 Å². The fourth-order valence-corrected chi connectivity index (χ4v) is 2.76. The molecule has 0 heterocycles. The molecule has 0 aliphatic heterocycles. The van der Waals surface area contributed by atoms with Crippen LogP contribution in [0.25, 0.3) is 0 Å². The Bertz CT molecular complexity index is 638. The van der Waals surface area contributed by atoms with Crippen molar-refractivity contribution in [2.75, 3.05) is 0 Å². The Morgan fingerprint density at radius 2 is 1.95 bits per heavy atom. The highest BCUT2D eigenvalue weighted by molar-refractivity contribution is 9.10. The molecule has 2 aromatic carbocycles. The highest BCUT2D eigenvalue weighted by atomic mass is 79.9. The molecule has 98 valence electrons. The standard InChI is InChI=1S/C15H11BrCl2O/c1-9-3-2-4-12(15(9)16)14(19)7-10-5-6-11(17)8-13(10)18/h2-6,8H,7H2,1H3. The van der Waals surface area contributed by atoms with Gasteiger partial charge in [0.1, 0.15) is 0 Å². The van der Waals surface area contributed by atoms with E-state index in [9.17, 15) is 4.79 Å². The van der Waals surface area contributed by atoms with Gasteiger partial charge in [0.2, 0.25) is 0 Å². The molecule has 0 unspecified atom stereocenters. The number of carbonyl (C=O) groups is 1. The van der Waals surface area contributed by atoms with E-state index in [1.165, 1.54) is 0 Å². The molecule has 0 aliphatic carbocycles. The van der Waals surface area contributed by atoms with Crippen molar-refractivity contribution in [3.63, 3.8) is 0 Å². The average molecular weight is 358 g/mol. The lowest BCUT2D eigenvalue weighted by atomic mass is 10.0. The molecule has 0 amide bonds. The van der Waals surface area contributed by atoms with Crippen molar-refractivity contribution in [3.8, 4) is 0 Å². The van der Waals surface area contributed by atoms with Crippen LogP contribution in [0.1, 0.15) is 21.5 Å². The molecular formula is C15H11BrCl2O. The summed E-state index contributed by atoms with van der Waals surface area (Å²) in [6, 6.07) is 10.8. The van der Waals surface area contributed by atoms with Crippen molar-refractivity contribution < 1.29 is 4.79 Å². The largest absolute Gasteiger partial charge is 0.294 e. The molecule has 0 radical (unpaired) electrons. The molecule has 0 spiro atoms. The first-order chi connectivity index (χ1) is 8.99. The average Bonchev–Trinajstić information content (AvgIpc) is 2.36. The summed E-state index contributed by atoms with van der Waals surface area (Å²) >= 11 is 15.4. The van der Waals surface area contributed by atoms with Crippen LogP contribution in [-0.2, 0) is 6.42 Å². The summed E-state index contributed by atoms with van der Waals surface area (Å²) < 4.78 is 0.838. The van der Waals surface area contributed by atoms with Crippen molar-refractivity contribution in [1.82, 2.24) is 0 Å². The molecule has 4 heteroatoms. The first-order valence-electron chi connectivity index (χ1n) is 5.71. The topological polar surface area (TPSA) is 17.1 Å². The monoisotopic (exact) mass is 356 g/mol. The summed E-state index contributed by atoms with van der Waals surface area (Å²) in [5, 5.41) is 1.09. The second-order valence-corrected chi connectivity index (χ2v) is 5.91. The maximum atomic E-state index is 12.3. The van der Waals surface area contributed by atoms with Crippen LogP contribution in [0, 0.1) is 6.92 Å². The molecule has 0 saturated heterocycles. The van der Waals surface area contributed by atoms with Crippen molar-refractivity contribution >= 4 is 44.9 Å². The van der Waals surface area contributed by atoms with E-state index >= 15 is 0 Å². The van der Waals surface area contributed by atoms with Crippen LogP contribution in [-0.4, -0.2) is 5.78 Å². The van der Waals surface area contributed by atoms with Crippen LogP contribution in [0.4, 0.5) is 0 Å². The zero-order chi connectivity index (χ0) is 14.0. The van der Waals surface area contributed by atoms with Crippen molar-refractivity contribution in [2.24, 2.45) is 0 Å². The third-order valence-corrected chi connectivity index (χ3v) is 4.50. The number of rotatable bonds is 3. The lowest BCUT2D eigenvalue weighted by molar-refractivity contribution is 0.0992. The Kier molecular flexibility index (Phi) is 4.67. The Balaban J connectivity index is 2.28. The second kappa shape index (κ2) is 6.08. The second-order valence-electron chi connectivity index (χ2n) is 4.27. The van der Waals surface area contributed by atoms with E-state index in [0.29, 0.717) is 15.6 Å². The SMILES string of the molecule is Cc1cccc(C(=O)Cc2ccc(Cl)cc2Cl)c1Br. The number of Topliss-reactive ketones (excluding diaryl/α,β-unsaturated/α-hetero) is 1. The predicted molar refractivity (Wildman–Crippen MR) is 83.4 cm³/mol. The third-order valence-electron chi connectivity index (χ3n) is 2.86. The Hall–Kier alpha value is -0.830. The summed E-state index contributed by atoms with van der Waals surface area (Å²) in [4.78, 5) is 12.3. The fourth-order valence-electron chi connectivity index (χ4n) is 1.80. The minimum Gasteiger partial charge on any atom is -0.294 e. The lowest BCUT2D eigenvalue weighted by Crippen LogP contribution is -2.05. The van der Waals surface area contributed by atoms with Gasteiger partial charge in [-0.05, 0) is 46.1 Å². The summed E-state index contributed by atoms with van der Waals surface area (Å²) in [5.74, 6) is 0.0276. The quantitative estimate of drug-likeness (QED) is 0.664. The first kappa shape index (κ1) is 14.6. The van der Waals surface area contributed by atoms with Gasteiger partial charge < -0.3 is 0 Å². The lowest BCUT2D eigenvalue weighted by Gasteiger charge is -2.07. The normalized spacial score (nSPS) is 10.5. The summed E-state index contributed by atoms with van der Waals surface area (Å²) in [5.41, 5.74) is 2.49. The Labute approximate surface area is 130 Å². The maximum absolute atomic E-state index is 12.3. The first-order valence-corrected chi connectivity index (χ1v) is 7.26. The number of ketones is 1. The number of aryl methyl sites for hydroxylation is 1. The van der Waals surface area contributed by atoms with Gasteiger partial charge in [-0.3, -0.25) is 4.79 Å². The van der Waals surface area contributed by atoms with Gasteiger partial charge in [-0.25, -0.2) is 0 Å². The number of benzene rings is 2. The van der Waals surface area contributed by atoms with E-state index < -0.39 is 0 Å². The highest BCUT2D eigenvalue weighted by Crippen LogP contribution is 2.25. The van der Waals surface area contributed by atoms with Crippen LogP contribution in [0.15, 0.2) is 40.9 Å².